The van der Waals surface area contributed by atoms with E-state index >= 15 is 0 Å². The first-order valence-corrected chi connectivity index (χ1v) is 6.02. The SMILES string of the molecule is Nc1cc(Br)c(F)cc1NCC1CC(O)C1. The lowest BCUT2D eigenvalue weighted by Crippen LogP contribution is -2.33. The number of anilines is 2. The van der Waals surface area contributed by atoms with Crippen LogP contribution in [0.1, 0.15) is 12.8 Å². The maximum absolute atomic E-state index is 13.3. The first-order chi connectivity index (χ1) is 7.56. The third-order valence-electron chi connectivity index (χ3n) is 2.88. The molecule has 0 saturated heterocycles. The highest BCUT2D eigenvalue weighted by Crippen LogP contribution is 2.30. The lowest BCUT2D eigenvalue weighted by Gasteiger charge is -2.31. The highest BCUT2D eigenvalue weighted by Gasteiger charge is 2.26. The molecule has 3 nitrogen and oxygen atoms in total. The van der Waals surface area contributed by atoms with Gasteiger partial charge in [-0.1, -0.05) is 0 Å². The van der Waals surface area contributed by atoms with Crippen molar-refractivity contribution >= 4 is 27.3 Å². The summed E-state index contributed by atoms with van der Waals surface area (Å²) in [5.41, 5.74) is 6.89. The fourth-order valence-electron chi connectivity index (χ4n) is 1.84. The van der Waals surface area contributed by atoms with Crippen LogP contribution in [-0.4, -0.2) is 17.8 Å². The van der Waals surface area contributed by atoms with Crippen molar-refractivity contribution in [2.24, 2.45) is 5.92 Å². The minimum absolute atomic E-state index is 0.161. The van der Waals surface area contributed by atoms with E-state index in [2.05, 4.69) is 21.2 Å². The molecule has 0 unspecified atom stereocenters. The zero-order valence-corrected chi connectivity index (χ0v) is 10.3. The second-order valence-corrected chi connectivity index (χ2v) is 5.08. The van der Waals surface area contributed by atoms with Gasteiger partial charge in [0, 0.05) is 12.6 Å². The number of nitrogens with two attached hydrogens (primary N) is 1. The molecule has 1 aliphatic rings. The van der Waals surface area contributed by atoms with Gasteiger partial charge in [0.1, 0.15) is 5.82 Å². The predicted octanol–water partition coefficient (Wildman–Crippen LogP) is 2.35. The summed E-state index contributed by atoms with van der Waals surface area (Å²) in [5.74, 6) is 0.131. The molecule has 1 aromatic carbocycles. The molecule has 0 aliphatic heterocycles. The zero-order chi connectivity index (χ0) is 11.7. The first kappa shape index (κ1) is 11.7. The molecule has 4 N–H and O–H groups in total. The van der Waals surface area contributed by atoms with Crippen molar-refractivity contribution in [1.29, 1.82) is 0 Å². The number of rotatable bonds is 3. The van der Waals surface area contributed by atoms with E-state index in [9.17, 15) is 4.39 Å². The molecule has 2 rings (SSSR count). The molecule has 1 fully saturated rings. The van der Waals surface area contributed by atoms with Gasteiger partial charge in [0.15, 0.2) is 0 Å². The smallest absolute Gasteiger partial charge is 0.139 e. The molecule has 1 aliphatic carbocycles. The third-order valence-corrected chi connectivity index (χ3v) is 3.49. The van der Waals surface area contributed by atoms with Crippen LogP contribution in [0.3, 0.4) is 0 Å². The van der Waals surface area contributed by atoms with Gasteiger partial charge < -0.3 is 16.2 Å². The maximum Gasteiger partial charge on any atom is 0.139 e. The fraction of sp³-hybridized carbons (Fsp3) is 0.455. The van der Waals surface area contributed by atoms with E-state index in [1.165, 1.54) is 6.07 Å². The van der Waals surface area contributed by atoms with Crippen LogP contribution in [0, 0.1) is 11.7 Å². The van der Waals surface area contributed by atoms with Crippen LogP contribution in [-0.2, 0) is 0 Å². The van der Waals surface area contributed by atoms with E-state index in [0.29, 0.717) is 21.8 Å². The molecule has 5 heteroatoms. The lowest BCUT2D eigenvalue weighted by molar-refractivity contribution is 0.0487. The van der Waals surface area contributed by atoms with Crippen LogP contribution in [0.4, 0.5) is 15.8 Å². The van der Waals surface area contributed by atoms with Crippen LogP contribution < -0.4 is 11.1 Å². The molecular formula is C11H14BrFN2O. The summed E-state index contributed by atoms with van der Waals surface area (Å²) in [4.78, 5) is 0. The van der Waals surface area contributed by atoms with Gasteiger partial charge in [-0.2, -0.15) is 0 Å². The number of halogens is 2. The summed E-state index contributed by atoms with van der Waals surface area (Å²) in [6.07, 6.45) is 1.46. The number of aliphatic hydroxyl groups excluding tert-OH is 1. The van der Waals surface area contributed by atoms with Gasteiger partial charge in [-0.3, -0.25) is 0 Å². The van der Waals surface area contributed by atoms with Gasteiger partial charge in [-0.15, -0.1) is 0 Å². The van der Waals surface area contributed by atoms with E-state index < -0.39 is 0 Å². The van der Waals surface area contributed by atoms with Gasteiger partial charge in [0.2, 0.25) is 0 Å². The van der Waals surface area contributed by atoms with Crippen molar-refractivity contribution in [2.75, 3.05) is 17.6 Å². The molecule has 1 aromatic rings. The standard InChI is InChI=1S/C11H14BrFN2O/c12-8-3-10(14)11(4-9(8)13)15-5-6-1-7(16)2-6/h3-4,6-7,15-16H,1-2,5,14H2. The number of nitrogen functional groups attached to an aromatic ring is 1. The molecular weight excluding hydrogens is 275 g/mol. The Morgan fingerprint density at radius 2 is 2.19 bits per heavy atom. The first-order valence-electron chi connectivity index (χ1n) is 5.22. The minimum atomic E-state index is -0.328. The topological polar surface area (TPSA) is 58.3 Å². The monoisotopic (exact) mass is 288 g/mol. The Morgan fingerprint density at radius 3 is 2.81 bits per heavy atom. The van der Waals surface area contributed by atoms with E-state index in [1.54, 1.807) is 6.07 Å². The summed E-state index contributed by atoms with van der Waals surface area (Å²) in [7, 11) is 0. The number of hydrogen-bond donors (Lipinski definition) is 3. The molecule has 0 heterocycles. The van der Waals surface area contributed by atoms with Gasteiger partial charge in [0.25, 0.3) is 0 Å². The summed E-state index contributed by atoms with van der Waals surface area (Å²) < 4.78 is 13.6. The molecule has 0 amide bonds. The second-order valence-electron chi connectivity index (χ2n) is 4.23. The Bertz CT molecular complexity index is 394. The largest absolute Gasteiger partial charge is 0.397 e. The van der Waals surface area contributed by atoms with Crippen LogP contribution in [0.15, 0.2) is 16.6 Å². The Hall–Kier alpha value is -0.810. The Labute approximate surface area is 102 Å². The highest BCUT2D eigenvalue weighted by molar-refractivity contribution is 9.10. The normalized spacial score (nSPS) is 23.9. The minimum Gasteiger partial charge on any atom is -0.397 e. The van der Waals surface area contributed by atoms with Crippen LogP contribution in [0.25, 0.3) is 0 Å². The Kier molecular flexibility index (Phi) is 3.35. The average Bonchev–Trinajstić information content (AvgIpc) is 2.18. The van der Waals surface area contributed by atoms with Crippen molar-refractivity contribution < 1.29 is 9.50 Å². The van der Waals surface area contributed by atoms with Crippen LogP contribution in [0.2, 0.25) is 0 Å². The highest BCUT2D eigenvalue weighted by atomic mass is 79.9. The molecule has 88 valence electrons. The molecule has 0 radical (unpaired) electrons. The van der Waals surface area contributed by atoms with Crippen molar-refractivity contribution in [3.8, 4) is 0 Å². The molecule has 0 aromatic heterocycles. The number of nitrogens with one attached hydrogen (secondary N) is 1. The fourth-order valence-corrected chi connectivity index (χ4v) is 2.20. The van der Waals surface area contributed by atoms with E-state index in [-0.39, 0.29) is 11.9 Å². The van der Waals surface area contributed by atoms with Gasteiger partial charge in [0.05, 0.1) is 22.0 Å². The quantitative estimate of drug-likeness (QED) is 0.749. The van der Waals surface area contributed by atoms with E-state index in [1.807, 2.05) is 0 Å². The van der Waals surface area contributed by atoms with Crippen molar-refractivity contribution in [1.82, 2.24) is 0 Å². The van der Waals surface area contributed by atoms with Crippen molar-refractivity contribution in [3.63, 3.8) is 0 Å². The molecule has 16 heavy (non-hydrogen) atoms. The summed E-state index contributed by atoms with van der Waals surface area (Å²) in [6.45, 7) is 0.725. The Morgan fingerprint density at radius 1 is 1.50 bits per heavy atom. The maximum atomic E-state index is 13.3. The zero-order valence-electron chi connectivity index (χ0n) is 8.71. The van der Waals surface area contributed by atoms with Crippen LogP contribution >= 0.6 is 15.9 Å². The predicted molar refractivity (Wildman–Crippen MR) is 65.7 cm³/mol. The second kappa shape index (κ2) is 4.59. The van der Waals surface area contributed by atoms with Crippen molar-refractivity contribution in [3.05, 3.63) is 22.4 Å². The number of hydrogen-bond acceptors (Lipinski definition) is 3. The van der Waals surface area contributed by atoms with Crippen LogP contribution in [0.5, 0.6) is 0 Å². The van der Waals surface area contributed by atoms with Gasteiger partial charge >= 0.3 is 0 Å². The average molecular weight is 289 g/mol. The summed E-state index contributed by atoms with van der Waals surface area (Å²) >= 11 is 3.08. The third kappa shape index (κ3) is 2.47. The Balaban J connectivity index is 1.96. The van der Waals surface area contributed by atoms with Crippen molar-refractivity contribution in [2.45, 2.75) is 18.9 Å². The molecule has 0 bridgehead atoms. The molecule has 1 saturated carbocycles. The van der Waals surface area contributed by atoms with Gasteiger partial charge in [-0.05, 0) is 40.8 Å². The molecule has 0 atom stereocenters. The van der Waals surface area contributed by atoms with E-state index in [4.69, 9.17) is 10.8 Å². The summed E-state index contributed by atoms with van der Waals surface area (Å²) in [6, 6.07) is 2.93. The van der Waals surface area contributed by atoms with Gasteiger partial charge in [-0.25, -0.2) is 4.39 Å². The molecule has 0 spiro atoms. The lowest BCUT2D eigenvalue weighted by atomic mass is 9.82. The van der Waals surface area contributed by atoms with E-state index in [0.717, 1.165) is 19.4 Å². The number of benzene rings is 1. The number of aliphatic hydroxyl groups is 1. The summed E-state index contributed by atoms with van der Waals surface area (Å²) in [5, 5.41) is 12.2.